The Labute approximate surface area is 47.3 Å². The van der Waals surface area contributed by atoms with Crippen LogP contribution < -0.4 is 17.0 Å². The van der Waals surface area contributed by atoms with Crippen LogP contribution in [0.15, 0.2) is 5.10 Å². The molecule has 0 saturated carbocycles. The van der Waals surface area contributed by atoms with Gasteiger partial charge in [0, 0.05) is 13.0 Å². The molecule has 5 N–H and O–H groups in total. The van der Waals surface area contributed by atoms with Crippen LogP contribution in [-0.2, 0) is 0 Å². The molecule has 46 valence electrons. The van der Waals surface area contributed by atoms with Gasteiger partial charge in [0.05, 0.1) is 0 Å². The predicted molar refractivity (Wildman–Crippen MR) is 30.3 cm³/mol. The molecule has 0 atom stereocenters. The summed E-state index contributed by atoms with van der Waals surface area (Å²) in [6.45, 7) is 0.770. The molecular formula is C3H9N5. The molecule has 0 bridgehead atoms. The normalized spacial score (nSPS) is 20.6. The molecule has 8 heavy (non-hydrogen) atoms. The molecule has 0 radical (unpaired) electrons. The Balaban J connectivity index is 2.50. The van der Waals surface area contributed by atoms with Crippen molar-refractivity contribution in [2.45, 2.75) is 6.42 Å². The summed E-state index contributed by atoms with van der Waals surface area (Å²) in [7, 11) is 0. The van der Waals surface area contributed by atoms with Gasteiger partial charge in [0.25, 0.3) is 0 Å². The molecule has 0 aliphatic carbocycles. The van der Waals surface area contributed by atoms with E-state index in [1.54, 1.807) is 0 Å². The van der Waals surface area contributed by atoms with Crippen LogP contribution in [0.4, 0.5) is 0 Å². The molecule has 0 aromatic carbocycles. The fourth-order valence-electron chi connectivity index (χ4n) is 0.522. The zero-order valence-corrected chi connectivity index (χ0v) is 4.46. The van der Waals surface area contributed by atoms with E-state index in [4.69, 9.17) is 11.6 Å². The number of rotatable bonds is 0. The largest absolute Gasteiger partial charge is 0.386 e. The second-order valence-corrected chi connectivity index (χ2v) is 1.59. The SMILES string of the molecule is NC1=NN(N)NCC1. The highest BCUT2D eigenvalue weighted by atomic mass is 15.8. The van der Waals surface area contributed by atoms with Crippen molar-refractivity contribution in [3.05, 3.63) is 0 Å². The molecular weight excluding hydrogens is 106 g/mol. The highest BCUT2D eigenvalue weighted by Gasteiger charge is 2.02. The molecule has 0 fully saturated rings. The maximum absolute atomic E-state index is 5.31. The van der Waals surface area contributed by atoms with Gasteiger partial charge in [-0.15, -0.1) is 5.10 Å². The number of hydrogen-bond acceptors (Lipinski definition) is 5. The first-order valence-corrected chi connectivity index (χ1v) is 2.40. The molecule has 5 heteroatoms. The number of nitrogens with two attached hydrogens (primary N) is 2. The van der Waals surface area contributed by atoms with Gasteiger partial charge in [-0.05, 0) is 0 Å². The van der Waals surface area contributed by atoms with Crippen LogP contribution in [0, 0.1) is 0 Å². The summed E-state index contributed by atoms with van der Waals surface area (Å²) >= 11 is 0. The van der Waals surface area contributed by atoms with Crippen LogP contribution in [0.3, 0.4) is 0 Å². The van der Waals surface area contributed by atoms with Gasteiger partial charge in [0.1, 0.15) is 5.84 Å². The summed E-state index contributed by atoms with van der Waals surface area (Å²) < 4.78 is 0. The summed E-state index contributed by atoms with van der Waals surface area (Å²) in [6, 6.07) is 0. The first-order chi connectivity index (χ1) is 3.79. The third-order valence-corrected chi connectivity index (χ3v) is 0.891. The molecule has 5 nitrogen and oxygen atoms in total. The molecule has 0 aromatic heterocycles. The van der Waals surface area contributed by atoms with E-state index in [9.17, 15) is 0 Å². The van der Waals surface area contributed by atoms with E-state index in [2.05, 4.69) is 10.5 Å². The van der Waals surface area contributed by atoms with Crippen molar-refractivity contribution in [3.63, 3.8) is 0 Å². The number of nitrogens with one attached hydrogen (secondary N) is 1. The van der Waals surface area contributed by atoms with E-state index in [0.29, 0.717) is 5.84 Å². The second-order valence-electron chi connectivity index (χ2n) is 1.59. The minimum Gasteiger partial charge on any atom is -0.386 e. The van der Waals surface area contributed by atoms with Gasteiger partial charge in [0.2, 0.25) is 0 Å². The minimum atomic E-state index is 0.575. The van der Waals surface area contributed by atoms with Crippen molar-refractivity contribution < 1.29 is 0 Å². The minimum absolute atomic E-state index is 0.575. The maximum atomic E-state index is 5.31. The third-order valence-electron chi connectivity index (χ3n) is 0.891. The summed E-state index contributed by atoms with van der Waals surface area (Å²) in [5.41, 5.74) is 8.07. The standard InChI is InChI=1S/C3H9N5/c4-3-1-2-6-8(5)7-3/h6H,1-2,5H2,(H2,4,7). The summed E-state index contributed by atoms with van der Waals surface area (Å²) in [6.07, 6.45) is 0.772. The maximum Gasteiger partial charge on any atom is 0.124 e. The van der Waals surface area contributed by atoms with Crippen LogP contribution in [0.25, 0.3) is 0 Å². The molecule has 0 aromatic rings. The summed E-state index contributed by atoms with van der Waals surface area (Å²) in [4.78, 5) is 0. The fraction of sp³-hybridized carbons (Fsp3) is 0.667. The quantitative estimate of drug-likeness (QED) is 0.330. The fourth-order valence-corrected chi connectivity index (χ4v) is 0.522. The molecule has 1 aliphatic rings. The highest BCUT2D eigenvalue weighted by Crippen LogP contribution is 1.86. The Morgan fingerprint density at radius 2 is 2.50 bits per heavy atom. The van der Waals surface area contributed by atoms with Gasteiger partial charge in [-0.25, -0.2) is 11.3 Å². The molecule has 1 aliphatic heterocycles. The van der Waals surface area contributed by atoms with Gasteiger partial charge < -0.3 is 5.73 Å². The van der Waals surface area contributed by atoms with Crippen molar-refractivity contribution in [1.29, 1.82) is 0 Å². The smallest absolute Gasteiger partial charge is 0.124 e. The van der Waals surface area contributed by atoms with Crippen LogP contribution in [0.1, 0.15) is 6.42 Å². The average molecular weight is 115 g/mol. The summed E-state index contributed by atoms with van der Waals surface area (Å²) in [5.74, 6) is 5.76. The van der Waals surface area contributed by atoms with Crippen molar-refractivity contribution >= 4 is 5.84 Å². The third kappa shape index (κ3) is 1.08. The predicted octanol–water partition coefficient (Wildman–Crippen LogP) is -1.66. The molecule has 0 saturated heterocycles. The molecule has 1 rings (SSSR count). The number of nitrogens with zero attached hydrogens (tertiary/aromatic N) is 2. The van der Waals surface area contributed by atoms with Crippen molar-refractivity contribution in [2.24, 2.45) is 16.7 Å². The Hall–Kier alpha value is -0.810. The van der Waals surface area contributed by atoms with Gasteiger partial charge in [-0.2, -0.15) is 5.23 Å². The van der Waals surface area contributed by atoms with Crippen LogP contribution in [0.5, 0.6) is 0 Å². The molecule has 1 heterocycles. The van der Waals surface area contributed by atoms with Crippen molar-refractivity contribution in [2.75, 3.05) is 6.54 Å². The molecule has 0 amide bonds. The van der Waals surface area contributed by atoms with E-state index in [1.807, 2.05) is 0 Å². The van der Waals surface area contributed by atoms with Crippen molar-refractivity contribution in [1.82, 2.24) is 10.7 Å². The van der Waals surface area contributed by atoms with Gasteiger partial charge in [-0.1, -0.05) is 0 Å². The van der Waals surface area contributed by atoms with Crippen LogP contribution in [0.2, 0.25) is 0 Å². The van der Waals surface area contributed by atoms with E-state index in [0.717, 1.165) is 18.2 Å². The van der Waals surface area contributed by atoms with E-state index in [-0.39, 0.29) is 0 Å². The van der Waals surface area contributed by atoms with Gasteiger partial charge in [-0.3, -0.25) is 0 Å². The van der Waals surface area contributed by atoms with Crippen LogP contribution in [-0.4, -0.2) is 17.6 Å². The lowest BCUT2D eigenvalue weighted by molar-refractivity contribution is 0.192. The number of hydrogen-bond donors (Lipinski definition) is 3. The lowest BCUT2D eigenvalue weighted by atomic mass is 10.4. The number of amidine groups is 1. The van der Waals surface area contributed by atoms with Gasteiger partial charge >= 0.3 is 0 Å². The molecule has 0 unspecified atom stereocenters. The van der Waals surface area contributed by atoms with Gasteiger partial charge in [0.15, 0.2) is 0 Å². The average Bonchev–Trinajstić information content (AvgIpc) is 1.64. The van der Waals surface area contributed by atoms with E-state index >= 15 is 0 Å². The zero-order chi connectivity index (χ0) is 5.98. The molecule has 0 spiro atoms. The Bertz CT molecular complexity index is 108. The number of hydrazone groups is 1. The lowest BCUT2D eigenvalue weighted by Crippen LogP contribution is -2.46. The monoisotopic (exact) mass is 115 g/mol. The van der Waals surface area contributed by atoms with Crippen molar-refractivity contribution in [3.8, 4) is 0 Å². The first kappa shape index (κ1) is 5.33. The Morgan fingerprint density at radius 3 is 2.88 bits per heavy atom. The van der Waals surface area contributed by atoms with E-state index in [1.165, 1.54) is 0 Å². The van der Waals surface area contributed by atoms with E-state index < -0.39 is 0 Å². The zero-order valence-electron chi connectivity index (χ0n) is 4.46. The summed E-state index contributed by atoms with van der Waals surface area (Å²) in [5, 5.41) is 4.80. The Morgan fingerprint density at radius 1 is 1.75 bits per heavy atom. The van der Waals surface area contributed by atoms with Crippen LogP contribution >= 0.6 is 0 Å². The lowest BCUT2D eigenvalue weighted by Gasteiger charge is -2.18. The first-order valence-electron chi connectivity index (χ1n) is 2.40. The topological polar surface area (TPSA) is 79.7 Å². The highest BCUT2D eigenvalue weighted by molar-refractivity contribution is 5.80. The Kier molecular flexibility index (Phi) is 1.32. The number of hydrazine groups is 2. The second kappa shape index (κ2) is 1.97.